The van der Waals surface area contributed by atoms with Crippen molar-refractivity contribution >= 4 is 0 Å². The van der Waals surface area contributed by atoms with Crippen LogP contribution in [-0.2, 0) is 12.6 Å². The quantitative estimate of drug-likeness (QED) is 0.941. The van der Waals surface area contributed by atoms with Gasteiger partial charge < -0.3 is 9.84 Å². The minimum absolute atomic E-state index is 0.0614. The van der Waals surface area contributed by atoms with Crippen LogP contribution in [0.1, 0.15) is 16.8 Å². The summed E-state index contributed by atoms with van der Waals surface area (Å²) in [6.45, 7) is -0.0651. The van der Waals surface area contributed by atoms with Gasteiger partial charge in [-0.1, -0.05) is 6.07 Å². The predicted octanol–water partition coefficient (Wildman–Crippen LogP) is 3.30. The van der Waals surface area contributed by atoms with E-state index in [0.717, 1.165) is 17.8 Å². The topological polar surface area (TPSA) is 66.1 Å². The van der Waals surface area contributed by atoms with Crippen molar-refractivity contribution < 1.29 is 23.0 Å². The van der Waals surface area contributed by atoms with E-state index in [1.54, 1.807) is 6.07 Å². The van der Waals surface area contributed by atoms with E-state index in [1.807, 2.05) is 6.07 Å². The molecule has 0 spiro atoms. The summed E-state index contributed by atoms with van der Waals surface area (Å²) in [5, 5.41) is 18.0. The second kappa shape index (κ2) is 6.45. The lowest BCUT2D eigenvalue weighted by atomic mass is 10.1. The summed E-state index contributed by atoms with van der Waals surface area (Å²) in [6, 6.07) is 8.60. The first-order valence-corrected chi connectivity index (χ1v) is 6.29. The number of alkyl halides is 3. The number of hydrogen-bond acceptors (Lipinski definition) is 4. The molecule has 0 atom stereocenters. The van der Waals surface area contributed by atoms with Crippen molar-refractivity contribution in [3.63, 3.8) is 0 Å². The number of halogens is 3. The van der Waals surface area contributed by atoms with Crippen LogP contribution >= 0.6 is 0 Å². The minimum atomic E-state index is -4.57. The van der Waals surface area contributed by atoms with Crippen molar-refractivity contribution in [3.8, 4) is 17.6 Å². The molecule has 0 amide bonds. The van der Waals surface area contributed by atoms with E-state index in [0.29, 0.717) is 6.42 Å². The molecular formula is C15H11F3N2O2. The molecule has 2 aromatic rings. The Kier molecular flexibility index (Phi) is 4.63. The number of nitrogens with zero attached hydrogens (tertiary/aromatic N) is 2. The van der Waals surface area contributed by atoms with Gasteiger partial charge >= 0.3 is 6.18 Å². The Morgan fingerprint density at radius 2 is 2.00 bits per heavy atom. The monoisotopic (exact) mass is 308 g/mol. The molecule has 0 aliphatic heterocycles. The maximum atomic E-state index is 12.6. The highest BCUT2D eigenvalue weighted by Crippen LogP contribution is 2.32. The molecule has 22 heavy (non-hydrogen) atoms. The Morgan fingerprint density at radius 3 is 2.64 bits per heavy atom. The molecule has 114 valence electrons. The maximum absolute atomic E-state index is 12.6. The van der Waals surface area contributed by atoms with Gasteiger partial charge in [0.25, 0.3) is 0 Å². The normalized spacial score (nSPS) is 11.0. The van der Waals surface area contributed by atoms with Crippen LogP contribution in [0.15, 0.2) is 36.5 Å². The van der Waals surface area contributed by atoms with E-state index >= 15 is 0 Å². The summed E-state index contributed by atoms with van der Waals surface area (Å²) < 4.78 is 43.1. The molecule has 7 heteroatoms. The summed E-state index contributed by atoms with van der Waals surface area (Å²) in [7, 11) is 0. The third kappa shape index (κ3) is 3.74. The number of aliphatic hydroxyl groups excluding tert-OH is 1. The van der Waals surface area contributed by atoms with Gasteiger partial charge in [-0.3, -0.25) is 4.98 Å². The van der Waals surface area contributed by atoms with Crippen molar-refractivity contribution in [1.29, 1.82) is 5.26 Å². The fourth-order valence-electron chi connectivity index (χ4n) is 1.79. The largest absolute Gasteiger partial charge is 0.456 e. The maximum Gasteiger partial charge on any atom is 0.433 e. The smallest absolute Gasteiger partial charge is 0.433 e. The summed E-state index contributed by atoms with van der Waals surface area (Å²) in [5.41, 5.74) is -0.158. The van der Waals surface area contributed by atoms with E-state index in [-0.39, 0.29) is 23.7 Å². The number of hydrogen-bond donors (Lipinski definition) is 1. The van der Waals surface area contributed by atoms with E-state index in [9.17, 15) is 13.2 Å². The van der Waals surface area contributed by atoms with Crippen molar-refractivity contribution in [2.75, 3.05) is 6.61 Å². The third-order valence-electron chi connectivity index (χ3n) is 2.81. The lowest BCUT2D eigenvalue weighted by Gasteiger charge is -2.11. The van der Waals surface area contributed by atoms with E-state index in [2.05, 4.69) is 4.98 Å². The Bertz CT molecular complexity index is 709. The van der Waals surface area contributed by atoms with E-state index in [4.69, 9.17) is 15.1 Å². The van der Waals surface area contributed by atoms with E-state index < -0.39 is 11.9 Å². The second-order valence-electron chi connectivity index (χ2n) is 4.39. The summed E-state index contributed by atoms with van der Waals surface area (Å²) in [6.07, 6.45) is -3.20. The first-order valence-electron chi connectivity index (χ1n) is 6.29. The first-order chi connectivity index (χ1) is 10.4. The van der Waals surface area contributed by atoms with Gasteiger partial charge in [0.15, 0.2) is 0 Å². The number of benzene rings is 1. The third-order valence-corrected chi connectivity index (χ3v) is 2.81. The molecule has 0 fully saturated rings. The SMILES string of the molecule is N#Cc1cc(CCO)ccc1Oc1ccnc(C(F)(F)F)c1. The Labute approximate surface area is 124 Å². The van der Waals surface area contributed by atoms with Gasteiger partial charge in [-0.15, -0.1) is 0 Å². The summed E-state index contributed by atoms with van der Waals surface area (Å²) in [5.74, 6) is 0.0808. The lowest BCUT2D eigenvalue weighted by Crippen LogP contribution is -2.07. The van der Waals surface area contributed by atoms with Crippen LogP contribution in [0.2, 0.25) is 0 Å². The average molecular weight is 308 g/mol. The molecule has 2 rings (SSSR count). The first kappa shape index (κ1) is 15.8. The zero-order valence-electron chi connectivity index (χ0n) is 11.3. The van der Waals surface area contributed by atoms with Crippen molar-refractivity contribution in [2.45, 2.75) is 12.6 Å². The zero-order valence-corrected chi connectivity index (χ0v) is 11.3. The van der Waals surface area contributed by atoms with Gasteiger partial charge in [0.05, 0.1) is 5.56 Å². The van der Waals surface area contributed by atoms with Crippen LogP contribution in [0.25, 0.3) is 0 Å². The van der Waals surface area contributed by atoms with Gasteiger partial charge in [-0.25, -0.2) is 0 Å². The molecule has 1 aromatic heterocycles. The van der Waals surface area contributed by atoms with Gasteiger partial charge in [-0.2, -0.15) is 18.4 Å². The summed E-state index contributed by atoms with van der Waals surface area (Å²) >= 11 is 0. The molecule has 0 unspecified atom stereocenters. The molecule has 1 heterocycles. The van der Waals surface area contributed by atoms with Gasteiger partial charge in [0, 0.05) is 18.9 Å². The highest BCUT2D eigenvalue weighted by Gasteiger charge is 2.32. The number of ether oxygens (including phenoxy) is 1. The zero-order chi connectivity index (χ0) is 16.2. The number of aromatic nitrogens is 1. The molecule has 0 radical (unpaired) electrons. The van der Waals surface area contributed by atoms with Crippen LogP contribution in [0.3, 0.4) is 0 Å². The average Bonchev–Trinajstić information content (AvgIpc) is 2.48. The number of aliphatic hydroxyl groups is 1. The number of nitriles is 1. The standard InChI is InChI=1S/C15H11F3N2O2/c16-15(17,18)14-8-12(3-5-20-14)22-13-2-1-10(4-6-21)7-11(13)9-19/h1-3,5,7-8,21H,4,6H2. The Hall–Kier alpha value is -2.59. The lowest BCUT2D eigenvalue weighted by molar-refractivity contribution is -0.141. The highest BCUT2D eigenvalue weighted by molar-refractivity contribution is 5.47. The van der Waals surface area contributed by atoms with Crippen LogP contribution < -0.4 is 4.74 Å². The number of pyridine rings is 1. The molecule has 1 N–H and O–H groups in total. The molecule has 0 bridgehead atoms. The van der Waals surface area contributed by atoms with Gasteiger partial charge in [-0.05, 0) is 30.2 Å². The molecule has 4 nitrogen and oxygen atoms in total. The van der Waals surface area contributed by atoms with Gasteiger partial charge in [0.2, 0.25) is 0 Å². The van der Waals surface area contributed by atoms with Crippen LogP contribution in [0.4, 0.5) is 13.2 Å². The fraction of sp³-hybridized carbons (Fsp3) is 0.200. The fourth-order valence-corrected chi connectivity index (χ4v) is 1.79. The second-order valence-corrected chi connectivity index (χ2v) is 4.39. The molecule has 0 aliphatic rings. The molecule has 0 saturated carbocycles. The number of rotatable bonds is 4. The molecule has 0 saturated heterocycles. The molecule has 1 aromatic carbocycles. The van der Waals surface area contributed by atoms with Crippen LogP contribution in [0, 0.1) is 11.3 Å². The van der Waals surface area contributed by atoms with Crippen LogP contribution in [-0.4, -0.2) is 16.7 Å². The van der Waals surface area contributed by atoms with Gasteiger partial charge in [0.1, 0.15) is 23.3 Å². The van der Waals surface area contributed by atoms with Crippen molar-refractivity contribution in [1.82, 2.24) is 4.98 Å². The predicted molar refractivity (Wildman–Crippen MR) is 71.3 cm³/mol. The minimum Gasteiger partial charge on any atom is -0.456 e. The Balaban J connectivity index is 2.29. The highest BCUT2D eigenvalue weighted by atomic mass is 19.4. The Morgan fingerprint density at radius 1 is 1.23 bits per heavy atom. The summed E-state index contributed by atoms with van der Waals surface area (Å²) in [4.78, 5) is 3.24. The van der Waals surface area contributed by atoms with Crippen molar-refractivity contribution in [3.05, 3.63) is 53.3 Å². The van der Waals surface area contributed by atoms with Crippen molar-refractivity contribution in [2.24, 2.45) is 0 Å². The molecule has 0 aliphatic carbocycles. The van der Waals surface area contributed by atoms with Crippen LogP contribution in [0.5, 0.6) is 11.5 Å². The molecular weight excluding hydrogens is 297 g/mol. The van der Waals surface area contributed by atoms with E-state index in [1.165, 1.54) is 18.2 Å².